The van der Waals surface area contributed by atoms with E-state index in [0.29, 0.717) is 13.1 Å². The minimum Gasteiger partial charge on any atom is -0.465 e. The number of hydrogen-bond acceptors (Lipinski definition) is 4. The Labute approximate surface area is 111 Å². The van der Waals surface area contributed by atoms with Gasteiger partial charge in [0.25, 0.3) is 0 Å². The zero-order valence-electron chi connectivity index (χ0n) is 10.8. The summed E-state index contributed by atoms with van der Waals surface area (Å²) in [6.45, 7) is 3.32. The Kier molecular flexibility index (Phi) is 3.25. The lowest BCUT2D eigenvalue weighted by Gasteiger charge is -2.03. The highest BCUT2D eigenvalue weighted by atomic mass is 16.3. The molecule has 1 N–H and O–H groups in total. The standard InChI is InChI=1S/C15H15N3O/c1-11-6-7-13(19-11)10-16-8-12-9-17-14-4-2-3-5-15(14)18-12/h2-7,9,16H,8,10H2,1H3. The van der Waals surface area contributed by atoms with Gasteiger partial charge in [-0.1, -0.05) is 12.1 Å². The number of para-hydroxylation sites is 2. The smallest absolute Gasteiger partial charge is 0.117 e. The minimum absolute atomic E-state index is 0.678. The number of rotatable bonds is 4. The topological polar surface area (TPSA) is 51.0 Å². The number of furan rings is 1. The predicted molar refractivity (Wildman–Crippen MR) is 73.5 cm³/mol. The van der Waals surface area contributed by atoms with Gasteiger partial charge >= 0.3 is 0 Å². The molecule has 0 fully saturated rings. The number of fused-ring (bicyclic) bond motifs is 1. The summed E-state index contributed by atoms with van der Waals surface area (Å²) >= 11 is 0. The summed E-state index contributed by atoms with van der Waals surface area (Å²) in [6, 6.07) is 11.8. The van der Waals surface area contributed by atoms with E-state index in [1.165, 1.54) is 0 Å². The van der Waals surface area contributed by atoms with E-state index in [1.54, 1.807) is 0 Å². The zero-order chi connectivity index (χ0) is 13.1. The van der Waals surface area contributed by atoms with Crippen molar-refractivity contribution in [3.05, 3.63) is 59.8 Å². The third-order valence-electron chi connectivity index (χ3n) is 2.90. The molecule has 0 aliphatic heterocycles. The van der Waals surface area contributed by atoms with Gasteiger partial charge in [0.05, 0.1) is 29.5 Å². The van der Waals surface area contributed by atoms with Crippen molar-refractivity contribution in [3.63, 3.8) is 0 Å². The maximum Gasteiger partial charge on any atom is 0.117 e. The lowest BCUT2D eigenvalue weighted by molar-refractivity contribution is 0.461. The number of aryl methyl sites for hydroxylation is 1. The van der Waals surface area contributed by atoms with Gasteiger partial charge < -0.3 is 9.73 Å². The average molecular weight is 253 g/mol. The molecule has 4 nitrogen and oxygen atoms in total. The molecule has 0 unspecified atom stereocenters. The van der Waals surface area contributed by atoms with E-state index in [9.17, 15) is 0 Å². The molecular weight excluding hydrogens is 238 g/mol. The van der Waals surface area contributed by atoms with Gasteiger partial charge in [0.15, 0.2) is 0 Å². The van der Waals surface area contributed by atoms with Crippen molar-refractivity contribution in [2.24, 2.45) is 0 Å². The summed E-state index contributed by atoms with van der Waals surface area (Å²) in [4.78, 5) is 8.94. The normalized spacial score (nSPS) is 11.0. The van der Waals surface area contributed by atoms with Crippen LogP contribution in [0, 0.1) is 6.92 Å². The first-order valence-corrected chi connectivity index (χ1v) is 6.28. The summed E-state index contributed by atoms with van der Waals surface area (Å²) < 4.78 is 5.49. The molecule has 2 heterocycles. The van der Waals surface area contributed by atoms with E-state index in [4.69, 9.17) is 4.42 Å². The van der Waals surface area contributed by atoms with Gasteiger partial charge in [0.2, 0.25) is 0 Å². The molecule has 0 aliphatic carbocycles. The van der Waals surface area contributed by atoms with Crippen molar-refractivity contribution in [3.8, 4) is 0 Å². The van der Waals surface area contributed by atoms with Crippen molar-refractivity contribution in [1.82, 2.24) is 15.3 Å². The van der Waals surface area contributed by atoms with E-state index < -0.39 is 0 Å². The fraction of sp³-hybridized carbons (Fsp3) is 0.200. The van der Waals surface area contributed by atoms with Crippen molar-refractivity contribution in [1.29, 1.82) is 0 Å². The second kappa shape index (κ2) is 5.20. The van der Waals surface area contributed by atoms with Gasteiger partial charge in [-0.05, 0) is 31.2 Å². The monoisotopic (exact) mass is 253 g/mol. The van der Waals surface area contributed by atoms with E-state index in [2.05, 4.69) is 15.3 Å². The van der Waals surface area contributed by atoms with Gasteiger partial charge in [0.1, 0.15) is 11.5 Å². The van der Waals surface area contributed by atoms with E-state index >= 15 is 0 Å². The second-order valence-electron chi connectivity index (χ2n) is 4.47. The quantitative estimate of drug-likeness (QED) is 0.776. The fourth-order valence-electron chi connectivity index (χ4n) is 1.97. The first-order valence-electron chi connectivity index (χ1n) is 6.28. The Morgan fingerprint density at radius 2 is 1.89 bits per heavy atom. The Morgan fingerprint density at radius 1 is 1.05 bits per heavy atom. The molecule has 0 saturated heterocycles. The second-order valence-corrected chi connectivity index (χ2v) is 4.47. The Balaban J connectivity index is 1.65. The fourth-order valence-corrected chi connectivity index (χ4v) is 1.97. The van der Waals surface area contributed by atoms with Gasteiger partial charge in [-0.15, -0.1) is 0 Å². The van der Waals surface area contributed by atoms with Crippen molar-refractivity contribution < 1.29 is 4.42 Å². The molecule has 96 valence electrons. The summed E-state index contributed by atoms with van der Waals surface area (Å²) in [5, 5.41) is 3.30. The highest BCUT2D eigenvalue weighted by Crippen LogP contribution is 2.09. The SMILES string of the molecule is Cc1ccc(CNCc2cnc3ccccc3n2)o1. The Bertz CT molecular complexity index is 690. The summed E-state index contributed by atoms with van der Waals surface area (Å²) in [5.41, 5.74) is 2.78. The van der Waals surface area contributed by atoms with E-state index in [0.717, 1.165) is 28.2 Å². The molecule has 0 saturated carbocycles. The lowest BCUT2D eigenvalue weighted by atomic mass is 10.3. The third kappa shape index (κ3) is 2.80. The number of benzene rings is 1. The van der Waals surface area contributed by atoms with Gasteiger partial charge in [-0.3, -0.25) is 4.98 Å². The highest BCUT2D eigenvalue weighted by Gasteiger charge is 2.01. The third-order valence-corrected chi connectivity index (χ3v) is 2.90. The molecule has 3 aromatic rings. The number of aromatic nitrogens is 2. The zero-order valence-corrected chi connectivity index (χ0v) is 10.8. The van der Waals surface area contributed by atoms with Crippen molar-refractivity contribution in [2.75, 3.05) is 0 Å². The highest BCUT2D eigenvalue weighted by molar-refractivity contribution is 5.73. The summed E-state index contributed by atoms with van der Waals surface area (Å²) in [6.07, 6.45) is 1.81. The molecule has 3 rings (SSSR count). The predicted octanol–water partition coefficient (Wildman–Crippen LogP) is 2.82. The van der Waals surface area contributed by atoms with Crippen molar-refractivity contribution >= 4 is 11.0 Å². The van der Waals surface area contributed by atoms with E-state index in [1.807, 2.05) is 49.5 Å². The van der Waals surface area contributed by atoms with Crippen LogP contribution < -0.4 is 5.32 Å². The van der Waals surface area contributed by atoms with Crippen LogP contribution >= 0.6 is 0 Å². The molecule has 0 aliphatic rings. The summed E-state index contributed by atoms with van der Waals surface area (Å²) in [5.74, 6) is 1.87. The molecule has 0 atom stereocenters. The Hall–Kier alpha value is -2.20. The first-order chi connectivity index (χ1) is 9.31. The van der Waals surface area contributed by atoms with Crippen LogP contribution in [0.15, 0.2) is 47.0 Å². The molecule has 0 amide bonds. The van der Waals surface area contributed by atoms with E-state index in [-0.39, 0.29) is 0 Å². The molecule has 19 heavy (non-hydrogen) atoms. The van der Waals surface area contributed by atoms with Crippen LogP contribution in [0.25, 0.3) is 11.0 Å². The number of hydrogen-bond donors (Lipinski definition) is 1. The van der Waals surface area contributed by atoms with Crippen LogP contribution in [0.2, 0.25) is 0 Å². The van der Waals surface area contributed by atoms with Gasteiger partial charge in [0, 0.05) is 6.54 Å². The van der Waals surface area contributed by atoms with Crippen LogP contribution in [0.3, 0.4) is 0 Å². The molecule has 0 bridgehead atoms. The summed E-state index contributed by atoms with van der Waals surface area (Å²) in [7, 11) is 0. The average Bonchev–Trinajstić information content (AvgIpc) is 2.84. The van der Waals surface area contributed by atoms with Gasteiger partial charge in [-0.25, -0.2) is 4.98 Å². The molecule has 0 spiro atoms. The lowest BCUT2D eigenvalue weighted by Crippen LogP contribution is -2.13. The Morgan fingerprint density at radius 3 is 2.68 bits per heavy atom. The largest absolute Gasteiger partial charge is 0.465 e. The molecule has 2 aromatic heterocycles. The number of nitrogens with one attached hydrogen (secondary N) is 1. The molecule has 4 heteroatoms. The number of nitrogens with zero attached hydrogens (tertiary/aromatic N) is 2. The first kappa shape index (κ1) is 11.9. The van der Waals surface area contributed by atoms with Crippen molar-refractivity contribution in [2.45, 2.75) is 20.0 Å². The van der Waals surface area contributed by atoms with Crippen LogP contribution in [0.5, 0.6) is 0 Å². The van der Waals surface area contributed by atoms with Crippen LogP contribution in [-0.2, 0) is 13.1 Å². The van der Waals surface area contributed by atoms with Gasteiger partial charge in [-0.2, -0.15) is 0 Å². The molecular formula is C15H15N3O. The maximum absolute atomic E-state index is 5.49. The molecule has 1 aromatic carbocycles. The maximum atomic E-state index is 5.49. The molecule has 0 radical (unpaired) electrons. The minimum atomic E-state index is 0.678. The van der Waals surface area contributed by atoms with Crippen LogP contribution in [0.1, 0.15) is 17.2 Å². The van der Waals surface area contributed by atoms with Crippen LogP contribution in [0.4, 0.5) is 0 Å². The van der Waals surface area contributed by atoms with Crippen LogP contribution in [-0.4, -0.2) is 9.97 Å².